The molecule has 0 saturated carbocycles. The Balaban J connectivity index is 1.82. The maximum absolute atomic E-state index is 14.5. The predicted molar refractivity (Wildman–Crippen MR) is 88.0 cm³/mol. The fourth-order valence-electron chi connectivity index (χ4n) is 3.18. The van der Waals surface area contributed by atoms with E-state index in [4.69, 9.17) is 4.84 Å². The SMILES string of the molecule is CON1C=C2N=NC3=C(N2C1)N(c1cc(C(F)(F)F)ccc1F)CC(C)=C3. The van der Waals surface area contributed by atoms with Crippen LogP contribution in [-0.2, 0) is 11.0 Å². The Bertz CT molecular complexity index is 918. The van der Waals surface area contributed by atoms with Crippen LogP contribution in [0.15, 0.2) is 63.6 Å². The molecule has 0 saturated heterocycles. The molecule has 0 aliphatic carbocycles. The fourth-order valence-corrected chi connectivity index (χ4v) is 3.18. The van der Waals surface area contributed by atoms with Gasteiger partial charge in [-0.25, -0.2) is 9.45 Å². The van der Waals surface area contributed by atoms with Gasteiger partial charge in [0.1, 0.15) is 24.0 Å². The van der Waals surface area contributed by atoms with Crippen LogP contribution in [0, 0.1) is 5.82 Å². The molecule has 0 amide bonds. The van der Waals surface area contributed by atoms with Crippen LogP contribution in [0.1, 0.15) is 12.5 Å². The molecule has 0 aromatic heterocycles. The standard InChI is InChI=1S/C17H15F4N5O/c1-10-5-13-16(26-9-24(27-2)8-15(26)23-22-13)25(7-10)14-6-11(17(19,20)21)3-4-12(14)18/h3-6,8H,7,9H2,1-2H3. The van der Waals surface area contributed by atoms with Crippen LogP contribution in [0.3, 0.4) is 0 Å². The molecule has 0 fully saturated rings. The first-order chi connectivity index (χ1) is 12.8. The van der Waals surface area contributed by atoms with Crippen LogP contribution < -0.4 is 4.90 Å². The number of fused-ring (bicyclic) bond motifs is 2. The fraction of sp³-hybridized carbons (Fsp3) is 0.294. The van der Waals surface area contributed by atoms with Crippen molar-refractivity contribution in [1.82, 2.24) is 9.96 Å². The molecule has 27 heavy (non-hydrogen) atoms. The largest absolute Gasteiger partial charge is 0.416 e. The first kappa shape index (κ1) is 17.5. The lowest BCUT2D eigenvalue weighted by molar-refractivity contribution is -0.137. The number of nitrogens with zero attached hydrogens (tertiary/aromatic N) is 5. The molecule has 0 spiro atoms. The molecule has 1 aromatic carbocycles. The lowest BCUT2D eigenvalue weighted by Gasteiger charge is -2.38. The van der Waals surface area contributed by atoms with Gasteiger partial charge in [0.25, 0.3) is 0 Å². The minimum absolute atomic E-state index is 0.169. The Kier molecular flexibility index (Phi) is 3.95. The van der Waals surface area contributed by atoms with E-state index in [-0.39, 0.29) is 18.9 Å². The van der Waals surface area contributed by atoms with Gasteiger partial charge in [-0.05, 0) is 31.2 Å². The van der Waals surface area contributed by atoms with Crippen LogP contribution in [0.4, 0.5) is 23.2 Å². The molecule has 0 N–H and O–H groups in total. The van der Waals surface area contributed by atoms with Crippen LogP contribution in [-0.4, -0.2) is 30.3 Å². The zero-order chi connectivity index (χ0) is 19.3. The zero-order valence-corrected chi connectivity index (χ0v) is 14.5. The van der Waals surface area contributed by atoms with E-state index in [9.17, 15) is 17.6 Å². The quantitative estimate of drug-likeness (QED) is 0.721. The Labute approximate surface area is 152 Å². The lowest BCUT2D eigenvalue weighted by atomic mass is 10.1. The molecule has 0 atom stereocenters. The van der Waals surface area contributed by atoms with Gasteiger partial charge < -0.3 is 4.90 Å². The smallest absolute Gasteiger partial charge is 0.319 e. The van der Waals surface area contributed by atoms with Crippen molar-refractivity contribution in [3.8, 4) is 0 Å². The van der Waals surface area contributed by atoms with Crippen molar-refractivity contribution >= 4 is 5.69 Å². The highest BCUT2D eigenvalue weighted by Crippen LogP contribution is 2.40. The summed E-state index contributed by atoms with van der Waals surface area (Å²) in [7, 11) is 1.48. The van der Waals surface area contributed by atoms with Gasteiger partial charge in [0.05, 0.1) is 24.6 Å². The molecule has 3 aliphatic rings. The van der Waals surface area contributed by atoms with Gasteiger partial charge >= 0.3 is 6.18 Å². The summed E-state index contributed by atoms with van der Waals surface area (Å²) in [6.45, 7) is 2.28. The van der Waals surface area contributed by atoms with Gasteiger partial charge in [-0.1, -0.05) is 5.57 Å². The van der Waals surface area contributed by atoms with Crippen molar-refractivity contribution in [3.63, 3.8) is 0 Å². The number of benzene rings is 1. The van der Waals surface area contributed by atoms with Gasteiger partial charge in [-0.15, -0.1) is 10.2 Å². The van der Waals surface area contributed by atoms with Gasteiger partial charge in [-0.3, -0.25) is 9.74 Å². The first-order valence-electron chi connectivity index (χ1n) is 8.05. The molecule has 10 heteroatoms. The van der Waals surface area contributed by atoms with Crippen molar-refractivity contribution < 1.29 is 22.4 Å². The second-order valence-corrected chi connectivity index (χ2v) is 6.31. The highest BCUT2D eigenvalue weighted by atomic mass is 19.4. The van der Waals surface area contributed by atoms with E-state index in [0.717, 1.165) is 23.8 Å². The number of rotatable bonds is 2. The van der Waals surface area contributed by atoms with Crippen LogP contribution in [0.5, 0.6) is 0 Å². The molecule has 142 valence electrons. The molecule has 6 nitrogen and oxygen atoms in total. The Morgan fingerprint density at radius 2 is 1.93 bits per heavy atom. The molecular formula is C17H15F4N5O. The molecule has 1 aromatic rings. The van der Waals surface area contributed by atoms with Gasteiger partial charge in [0.2, 0.25) is 0 Å². The average molecular weight is 381 g/mol. The monoisotopic (exact) mass is 381 g/mol. The van der Waals surface area contributed by atoms with Gasteiger partial charge in [0, 0.05) is 6.54 Å². The Morgan fingerprint density at radius 1 is 1.15 bits per heavy atom. The number of allylic oxidation sites excluding steroid dienone is 1. The van der Waals surface area contributed by atoms with E-state index in [1.165, 1.54) is 17.1 Å². The van der Waals surface area contributed by atoms with Crippen molar-refractivity contribution in [1.29, 1.82) is 0 Å². The van der Waals surface area contributed by atoms with E-state index in [0.29, 0.717) is 17.3 Å². The van der Waals surface area contributed by atoms with Crippen LogP contribution in [0.2, 0.25) is 0 Å². The summed E-state index contributed by atoms with van der Waals surface area (Å²) in [6, 6.07) is 2.38. The zero-order valence-electron chi connectivity index (χ0n) is 14.5. The Morgan fingerprint density at radius 3 is 2.63 bits per heavy atom. The second-order valence-electron chi connectivity index (χ2n) is 6.31. The van der Waals surface area contributed by atoms with E-state index in [1.807, 2.05) is 0 Å². The third-order valence-electron chi connectivity index (χ3n) is 4.41. The summed E-state index contributed by atoms with van der Waals surface area (Å²) >= 11 is 0. The van der Waals surface area contributed by atoms with Gasteiger partial charge in [-0.2, -0.15) is 13.2 Å². The summed E-state index contributed by atoms with van der Waals surface area (Å²) in [5.74, 6) is 0.168. The summed E-state index contributed by atoms with van der Waals surface area (Å²) in [5, 5.41) is 9.74. The maximum atomic E-state index is 14.5. The number of azo groups is 1. The summed E-state index contributed by atoms with van der Waals surface area (Å²) in [5.41, 5.74) is 0.184. The average Bonchev–Trinajstić information content (AvgIpc) is 3.03. The van der Waals surface area contributed by atoms with Crippen LogP contribution in [0.25, 0.3) is 0 Å². The van der Waals surface area contributed by atoms with Gasteiger partial charge in [0.15, 0.2) is 5.82 Å². The van der Waals surface area contributed by atoms with E-state index < -0.39 is 17.6 Å². The van der Waals surface area contributed by atoms with E-state index >= 15 is 0 Å². The topological polar surface area (TPSA) is 43.7 Å². The second kappa shape index (κ2) is 6.08. The normalized spacial score (nSPS) is 19.3. The molecule has 4 rings (SSSR count). The van der Waals surface area contributed by atoms with Crippen molar-refractivity contribution in [2.45, 2.75) is 13.1 Å². The lowest BCUT2D eigenvalue weighted by Crippen LogP contribution is -2.40. The molecule has 0 unspecified atom stereocenters. The molecule has 3 heterocycles. The number of halogens is 4. The number of anilines is 1. The number of hydrogen-bond donors (Lipinski definition) is 0. The van der Waals surface area contributed by atoms with Crippen molar-refractivity contribution in [2.75, 3.05) is 25.2 Å². The van der Waals surface area contributed by atoms with E-state index in [2.05, 4.69) is 10.2 Å². The summed E-state index contributed by atoms with van der Waals surface area (Å²) in [6.07, 6.45) is -1.18. The van der Waals surface area contributed by atoms with Crippen molar-refractivity contribution in [2.24, 2.45) is 10.2 Å². The molecular weight excluding hydrogens is 366 g/mol. The Hall–Kier alpha value is -2.88. The molecule has 0 radical (unpaired) electrons. The minimum atomic E-state index is -4.57. The first-order valence-corrected chi connectivity index (χ1v) is 8.05. The number of alkyl halides is 3. The third-order valence-corrected chi connectivity index (χ3v) is 4.41. The number of hydroxylamine groups is 2. The summed E-state index contributed by atoms with van der Waals surface area (Å²) in [4.78, 5) is 8.37. The highest BCUT2D eigenvalue weighted by Gasteiger charge is 2.37. The predicted octanol–water partition coefficient (Wildman–Crippen LogP) is 4.18. The summed E-state index contributed by atoms with van der Waals surface area (Å²) < 4.78 is 54.0. The van der Waals surface area contributed by atoms with Crippen LogP contribution >= 0.6 is 0 Å². The minimum Gasteiger partial charge on any atom is -0.319 e. The third kappa shape index (κ3) is 2.95. The highest BCUT2D eigenvalue weighted by molar-refractivity contribution is 5.60. The molecule has 0 bridgehead atoms. The number of hydrogen-bond acceptors (Lipinski definition) is 6. The molecule has 3 aliphatic heterocycles. The maximum Gasteiger partial charge on any atom is 0.416 e. The van der Waals surface area contributed by atoms with Crippen molar-refractivity contribution in [3.05, 3.63) is 64.8 Å². The van der Waals surface area contributed by atoms with E-state index in [1.54, 1.807) is 24.1 Å².